The molecule has 1 atom stereocenters. The largest absolute Gasteiger partial charge is 0.427 e. The second-order valence-corrected chi connectivity index (χ2v) is 9.51. The van der Waals surface area contributed by atoms with Gasteiger partial charge < -0.3 is 13.9 Å². The molecule has 1 unspecified atom stereocenters. The van der Waals surface area contributed by atoms with Crippen LogP contribution >= 0.6 is 8.60 Å². The lowest BCUT2D eigenvalue weighted by atomic mass is 9.85. The van der Waals surface area contributed by atoms with E-state index in [-0.39, 0.29) is 5.41 Å². The van der Waals surface area contributed by atoms with Crippen LogP contribution in [0, 0.1) is 6.92 Å². The van der Waals surface area contributed by atoms with Crippen LogP contribution in [0.5, 0.6) is 5.75 Å². The molecule has 0 aromatic heterocycles. The molecule has 4 heteroatoms. The summed E-state index contributed by atoms with van der Waals surface area (Å²) in [5.41, 5.74) is 2.26. The van der Waals surface area contributed by atoms with Gasteiger partial charge in [-0.2, -0.15) is 0 Å². The van der Waals surface area contributed by atoms with Crippen LogP contribution in [0.15, 0.2) is 18.2 Å². The van der Waals surface area contributed by atoms with Gasteiger partial charge in [-0.05, 0) is 24.8 Å². The third kappa shape index (κ3) is 11.1. The van der Waals surface area contributed by atoms with Crippen molar-refractivity contribution in [3.63, 3.8) is 0 Å². The zero-order valence-corrected chi connectivity index (χ0v) is 19.1. The SMILES string of the molecule is CCCCCCCCCCCCOP(O)Oc1ccc(C)cc1C(C)(C)C. The first-order valence-electron chi connectivity index (χ1n) is 10.8. The molecule has 0 fully saturated rings. The highest BCUT2D eigenvalue weighted by molar-refractivity contribution is 7.41. The average molecular weight is 397 g/mol. The Hall–Kier alpha value is -0.630. The average Bonchev–Trinajstić information content (AvgIpc) is 2.60. The summed E-state index contributed by atoms with van der Waals surface area (Å²) in [5, 5.41) is 0. The Morgan fingerprint density at radius 3 is 2.00 bits per heavy atom. The molecule has 0 spiro atoms. The van der Waals surface area contributed by atoms with Crippen molar-refractivity contribution in [3.05, 3.63) is 29.3 Å². The second kappa shape index (κ2) is 13.5. The molecule has 27 heavy (non-hydrogen) atoms. The molecule has 1 aromatic rings. The number of hydrogen-bond donors (Lipinski definition) is 1. The van der Waals surface area contributed by atoms with Crippen LogP contribution in [-0.4, -0.2) is 11.5 Å². The molecule has 0 amide bonds. The van der Waals surface area contributed by atoms with E-state index in [1.54, 1.807) is 0 Å². The molecule has 0 saturated carbocycles. The van der Waals surface area contributed by atoms with Crippen molar-refractivity contribution in [2.75, 3.05) is 6.61 Å². The van der Waals surface area contributed by atoms with E-state index in [1.165, 1.54) is 56.9 Å². The van der Waals surface area contributed by atoms with Crippen LogP contribution in [0.2, 0.25) is 0 Å². The molecular formula is C23H41O3P. The van der Waals surface area contributed by atoms with Crippen molar-refractivity contribution in [2.24, 2.45) is 0 Å². The number of hydrogen-bond acceptors (Lipinski definition) is 3. The smallest absolute Gasteiger partial charge is 0.394 e. The lowest BCUT2D eigenvalue weighted by molar-refractivity contribution is 0.252. The summed E-state index contributed by atoms with van der Waals surface area (Å²) >= 11 is 0. The monoisotopic (exact) mass is 396 g/mol. The Labute approximate surface area is 168 Å². The molecule has 0 bridgehead atoms. The van der Waals surface area contributed by atoms with E-state index >= 15 is 0 Å². The van der Waals surface area contributed by atoms with Gasteiger partial charge in [0.05, 0.1) is 6.61 Å². The van der Waals surface area contributed by atoms with Gasteiger partial charge in [0, 0.05) is 5.56 Å². The minimum atomic E-state index is -1.87. The maximum absolute atomic E-state index is 10.1. The Morgan fingerprint density at radius 2 is 1.44 bits per heavy atom. The lowest BCUT2D eigenvalue weighted by Gasteiger charge is -2.24. The molecule has 0 aliphatic rings. The normalized spacial score (nSPS) is 13.0. The third-order valence-corrected chi connectivity index (χ3v) is 5.58. The maximum atomic E-state index is 10.1. The number of unbranched alkanes of at least 4 members (excludes halogenated alkanes) is 9. The molecule has 3 nitrogen and oxygen atoms in total. The Bertz CT molecular complexity index is 511. The standard InChI is InChI=1S/C23H41O3P/c1-6-7-8-9-10-11-12-13-14-15-18-25-27(24)26-22-17-16-20(2)19-21(22)23(3,4)5/h16-17,19,24H,6-15,18H2,1-5H3. The first-order chi connectivity index (χ1) is 12.8. The Morgan fingerprint density at radius 1 is 0.889 bits per heavy atom. The van der Waals surface area contributed by atoms with Gasteiger partial charge >= 0.3 is 8.60 Å². The molecule has 1 N–H and O–H groups in total. The highest BCUT2D eigenvalue weighted by Crippen LogP contribution is 2.40. The fraction of sp³-hybridized carbons (Fsp3) is 0.739. The minimum absolute atomic E-state index is 0.0337. The summed E-state index contributed by atoms with van der Waals surface area (Å²) in [4.78, 5) is 10.1. The summed E-state index contributed by atoms with van der Waals surface area (Å²) in [6.07, 6.45) is 12.9. The van der Waals surface area contributed by atoms with Crippen LogP contribution in [0.1, 0.15) is 103 Å². The number of aryl methyl sites for hydroxylation is 1. The van der Waals surface area contributed by atoms with E-state index in [2.05, 4.69) is 40.7 Å². The van der Waals surface area contributed by atoms with Gasteiger partial charge in [-0.15, -0.1) is 0 Å². The zero-order chi connectivity index (χ0) is 20.1. The number of benzene rings is 1. The molecule has 0 heterocycles. The molecule has 0 aliphatic carbocycles. The molecule has 0 saturated heterocycles. The van der Waals surface area contributed by atoms with E-state index in [9.17, 15) is 4.89 Å². The molecule has 0 aliphatic heterocycles. The first-order valence-corrected chi connectivity index (χ1v) is 11.9. The summed E-state index contributed by atoms with van der Waals surface area (Å²) in [6, 6.07) is 6.07. The second-order valence-electron chi connectivity index (χ2n) is 8.59. The van der Waals surface area contributed by atoms with Gasteiger partial charge in [-0.3, -0.25) is 0 Å². The van der Waals surface area contributed by atoms with Crippen LogP contribution in [0.3, 0.4) is 0 Å². The lowest BCUT2D eigenvalue weighted by Crippen LogP contribution is -2.13. The number of rotatable bonds is 14. The zero-order valence-electron chi connectivity index (χ0n) is 18.2. The van der Waals surface area contributed by atoms with Crippen LogP contribution in [0.25, 0.3) is 0 Å². The van der Waals surface area contributed by atoms with Gasteiger partial charge in [-0.1, -0.05) is 103 Å². The van der Waals surface area contributed by atoms with Crippen molar-refractivity contribution in [1.29, 1.82) is 0 Å². The highest BCUT2D eigenvalue weighted by atomic mass is 31.2. The predicted octanol–water partition coefficient (Wildman–Crippen LogP) is 7.83. The fourth-order valence-corrected chi connectivity index (χ4v) is 3.82. The van der Waals surface area contributed by atoms with Gasteiger partial charge in [-0.25, -0.2) is 0 Å². The van der Waals surface area contributed by atoms with E-state index < -0.39 is 8.60 Å². The molecule has 1 rings (SSSR count). The molecule has 0 radical (unpaired) electrons. The van der Waals surface area contributed by atoms with E-state index in [0.29, 0.717) is 6.61 Å². The van der Waals surface area contributed by atoms with Crippen LogP contribution < -0.4 is 4.52 Å². The van der Waals surface area contributed by atoms with Crippen molar-refractivity contribution >= 4 is 8.60 Å². The van der Waals surface area contributed by atoms with E-state index in [4.69, 9.17) is 9.05 Å². The summed E-state index contributed by atoms with van der Waals surface area (Å²) in [6.45, 7) is 11.4. The van der Waals surface area contributed by atoms with Crippen molar-refractivity contribution < 1.29 is 13.9 Å². The fourth-order valence-electron chi connectivity index (χ4n) is 3.15. The first kappa shape index (κ1) is 24.4. The molecular weight excluding hydrogens is 355 g/mol. The summed E-state index contributed by atoms with van der Waals surface area (Å²) in [5.74, 6) is 0.727. The minimum Gasteiger partial charge on any atom is -0.427 e. The summed E-state index contributed by atoms with van der Waals surface area (Å²) in [7, 11) is -1.87. The van der Waals surface area contributed by atoms with Crippen molar-refractivity contribution in [3.8, 4) is 5.75 Å². The van der Waals surface area contributed by atoms with Gasteiger partial charge in [0.25, 0.3) is 0 Å². The van der Waals surface area contributed by atoms with Crippen molar-refractivity contribution in [2.45, 2.75) is 104 Å². The molecule has 1 aromatic carbocycles. The quantitative estimate of drug-likeness (QED) is 0.257. The van der Waals surface area contributed by atoms with Gasteiger partial charge in [0.2, 0.25) is 0 Å². The van der Waals surface area contributed by atoms with Crippen LogP contribution in [-0.2, 0) is 9.94 Å². The van der Waals surface area contributed by atoms with E-state index in [1.807, 2.05) is 12.1 Å². The highest BCUT2D eigenvalue weighted by Gasteiger charge is 2.21. The maximum Gasteiger partial charge on any atom is 0.394 e. The third-order valence-electron chi connectivity index (χ3n) is 4.82. The van der Waals surface area contributed by atoms with Gasteiger partial charge in [0.1, 0.15) is 5.75 Å². The van der Waals surface area contributed by atoms with Gasteiger partial charge in [0.15, 0.2) is 0 Å². The van der Waals surface area contributed by atoms with Crippen molar-refractivity contribution in [1.82, 2.24) is 0 Å². The Kier molecular flexibility index (Phi) is 12.2. The topological polar surface area (TPSA) is 38.7 Å². The predicted molar refractivity (Wildman–Crippen MR) is 117 cm³/mol. The summed E-state index contributed by atoms with van der Waals surface area (Å²) < 4.78 is 11.2. The van der Waals surface area contributed by atoms with E-state index in [0.717, 1.165) is 24.2 Å². The van der Waals surface area contributed by atoms with Crippen LogP contribution in [0.4, 0.5) is 0 Å². The Balaban J connectivity index is 2.17. The molecule has 156 valence electrons.